The standard InChI is InChI=1S/C23H33ClO2/c1-3-5-6-9-16-25-20-12-13-22-19(18-20)11-14-23(21(22)4-2)26-17-10-7-8-15-24/h11-14,18H,3-10,15-17H2,1-2H3. The minimum atomic E-state index is 0.735. The molecule has 0 radical (unpaired) electrons. The molecule has 0 unspecified atom stereocenters. The van der Waals surface area contributed by atoms with Gasteiger partial charge in [0.1, 0.15) is 11.5 Å². The molecule has 0 amide bonds. The molecule has 2 aromatic rings. The van der Waals surface area contributed by atoms with E-state index in [-0.39, 0.29) is 0 Å². The summed E-state index contributed by atoms with van der Waals surface area (Å²) < 4.78 is 12.0. The fraction of sp³-hybridized carbons (Fsp3) is 0.565. The maximum atomic E-state index is 6.04. The summed E-state index contributed by atoms with van der Waals surface area (Å²) in [7, 11) is 0. The Morgan fingerprint density at radius 2 is 1.58 bits per heavy atom. The molecule has 0 heterocycles. The van der Waals surface area contributed by atoms with Crippen LogP contribution in [0.1, 0.15) is 64.4 Å². The normalized spacial score (nSPS) is 11.0. The minimum Gasteiger partial charge on any atom is -0.494 e. The summed E-state index contributed by atoms with van der Waals surface area (Å²) in [4.78, 5) is 0. The van der Waals surface area contributed by atoms with Crippen LogP contribution < -0.4 is 9.47 Å². The highest BCUT2D eigenvalue weighted by molar-refractivity contribution is 6.17. The second kappa shape index (κ2) is 12.1. The Balaban J connectivity index is 2.00. The topological polar surface area (TPSA) is 18.5 Å². The minimum absolute atomic E-state index is 0.735. The molecule has 0 aliphatic heterocycles. The molecule has 0 atom stereocenters. The smallest absolute Gasteiger partial charge is 0.123 e. The Bertz CT molecular complexity index is 654. The number of unbranched alkanes of at least 4 members (excludes halogenated alkanes) is 5. The quantitative estimate of drug-likeness (QED) is 0.273. The van der Waals surface area contributed by atoms with E-state index in [4.69, 9.17) is 21.1 Å². The average Bonchev–Trinajstić information content (AvgIpc) is 2.67. The maximum absolute atomic E-state index is 6.04. The van der Waals surface area contributed by atoms with Crippen molar-refractivity contribution in [3.8, 4) is 11.5 Å². The van der Waals surface area contributed by atoms with Gasteiger partial charge in [0.15, 0.2) is 0 Å². The Hall–Kier alpha value is -1.41. The number of benzene rings is 2. The van der Waals surface area contributed by atoms with E-state index in [0.29, 0.717) is 0 Å². The molecule has 3 heteroatoms. The van der Waals surface area contributed by atoms with Crippen LogP contribution in [0.5, 0.6) is 11.5 Å². The van der Waals surface area contributed by atoms with Crippen molar-refractivity contribution < 1.29 is 9.47 Å². The summed E-state index contributed by atoms with van der Waals surface area (Å²) in [6.45, 7) is 5.98. The van der Waals surface area contributed by atoms with Crippen LogP contribution in [0, 0.1) is 0 Å². The van der Waals surface area contributed by atoms with Crippen molar-refractivity contribution in [3.63, 3.8) is 0 Å². The number of aryl methyl sites for hydroxylation is 1. The molecule has 2 aromatic carbocycles. The van der Waals surface area contributed by atoms with E-state index in [9.17, 15) is 0 Å². The van der Waals surface area contributed by atoms with E-state index in [0.717, 1.165) is 62.7 Å². The van der Waals surface area contributed by atoms with Gasteiger partial charge in [-0.15, -0.1) is 11.6 Å². The van der Waals surface area contributed by atoms with Gasteiger partial charge in [0.2, 0.25) is 0 Å². The first-order chi connectivity index (χ1) is 12.8. The van der Waals surface area contributed by atoms with Gasteiger partial charge in [-0.25, -0.2) is 0 Å². The summed E-state index contributed by atoms with van der Waals surface area (Å²) in [5, 5.41) is 2.49. The van der Waals surface area contributed by atoms with Crippen molar-refractivity contribution in [3.05, 3.63) is 35.9 Å². The van der Waals surface area contributed by atoms with Crippen molar-refractivity contribution >= 4 is 22.4 Å². The molecule has 0 aliphatic carbocycles. The second-order valence-corrected chi connectivity index (χ2v) is 7.16. The van der Waals surface area contributed by atoms with Gasteiger partial charge in [-0.05, 0) is 61.1 Å². The summed E-state index contributed by atoms with van der Waals surface area (Å²) in [6.07, 6.45) is 9.12. The zero-order chi connectivity index (χ0) is 18.6. The van der Waals surface area contributed by atoms with Crippen LogP contribution in [0.3, 0.4) is 0 Å². The number of hydrogen-bond acceptors (Lipinski definition) is 2. The highest BCUT2D eigenvalue weighted by Crippen LogP contribution is 2.31. The average molecular weight is 377 g/mol. The van der Waals surface area contributed by atoms with E-state index in [2.05, 4.69) is 44.2 Å². The Morgan fingerprint density at radius 3 is 2.31 bits per heavy atom. The summed E-state index contributed by atoms with van der Waals surface area (Å²) in [6, 6.07) is 10.7. The molecule has 0 aliphatic rings. The number of alkyl halides is 1. The number of fused-ring (bicyclic) bond motifs is 1. The van der Waals surface area contributed by atoms with Crippen molar-refractivity contribution in [1.82, 2.24) is 0 Å². The predicted octanol–water partition coefficient (Wildman–Crippen LogP) is 7.15. The third-order valence-electron chi connectivity index (χ3n) is 4.72. The lowest BCUT2D eigenvalue weighted by Gasteiger charge is -2.14. The van der Waals surface area contributed by atoms with Gasteiger partial charge in [-0.1, -0.05) is 45.2 Å². The molecule has 2 rings (SSSR count). The fourth-order valence-corrected chi connectivity index (χ4v) is 3.41. The number of halogens is 1. The molecule has 0 aromatic heterocycles. The molecular weight excluding hydrogens is 344 g/mol. The van der Waals surface area contributed by atoms with Crippen LogP contribution in [-0.4, -0.2) is 19.1 Å². The lowest BCUT2D eigenvalue weighted by Crippen LogP contribution is -2.01. The first-order valence-corrected chi connectivity index (χ1v) is 10.7. The van der Waals surface area contributed by atoms with Gasteiger partial charge in [0.05, 0.1) is 13.2 Å². The monoisotopic (exact) mass is 376 g/mol. The number of ether oxygens (including phenoxy) is 2. The van der Waals surface area contributed by atoms with Gasteiger partial charge in [0.25, 0.3) is 0 Å². The Labute approximate surface area is 163 Å². The van der Waals surface area contributed by atoms with E-state index in [1.807, 2.05) is 0 Å². The molecule has 0 fully saturated rings. The molecule has 0 N–H and O–H groups in total. The SMILES string of the molecule is CCCCCCOc1ccc2c(CC)c(OCCCCCCl)ccc2c1. The van der Waals surface area contributed by atoms with E-state index >= 15 is 0 Å². The van der Waals surface area contributed by atoms with Gasteiger partial charge in [-0.2, -0.15) is 0 Å². The largest absolute Gasteiger partial charge is 0.494 e. The van der Waals surface area contributed by atoms with Crippen molar-refractivity contribution in [2.45, 2.75) is 65.2 Å². The summed E-state index contributed by atoms with van der Waals surface area (Å²) >= 11 is 5.73. The fourth-order valence-electron chi connectivity index (χ4n) is 3.22. The molecule has 0 saturated carbocycles. The van der Waals surface area contributed by atoms with Crippen molar-refractivity contribution in [1.29, 1.82) is 0 Å². The Morgan fingerprint density at radius 1 is 0.808 bits per heavy atom. The second-order valence-electron chi connectivity index (χ2n) is 6.79. The van der Waals surface area contributed by atoms with Gasteiger partial charge >= 0.3 is 0 Å². The van der Waals surface area contributed by atoms with Crippen LogP contribution in [-0.2, 0) is 6.42 Å². The summed E-state index contributed by atoms with van der Waals surface area (Å²) in [5.41, 5.74) is 1.29. The van der Waals surface area contributed by atoms with Crippen LogP contribution in [0.25, 0.3) is 10.8 Å². The van der Waals surface area contributed by atoms with E-state index in [1.165, 1.54) is 35.6 Å². The zero-order valence-electron chi connectivity index (χ0n) is 16.4. The number of rotatable bonds is 13. The van der Waals surface area contributed by atoms with E-state index in [1.54, 1.807) is 0 Å². The lowest BCUT2D eigenvalue weighted by atomic mass is 10.0. The van der Waals surface area contributed by atoms with Gasteiger partial charge < -0.3 is 9.47 Å². The first kappa shape index (κ1) is 20.9. The third kappa shape index (κ3) is 6.39. The van der Waals surface area contributed by atoms with Gasteiger partial charge in [-0.3, -0.25) is 0 Å². The summed E-state index contributed by atoms with van der Waals surface area (Å²) in [5.74, 6) is 2.71. The van der Waals surface area contributed by atoms with Gasteiger partial charge in [0, 0.05) is 11.4 Å². The first-order valence-electron chi connectivity index (χ1n) is 10.2. The van der Waals surface area contributed by atoms with Crippen molar-refractivity contribution in [2.24, 2.45) is 0 Å². The number of hydrogen-bond donors (Lipinski definition) is 0. The lowest BCUT2D eigenvalue weighted by molar-refractivity contribution is 0.303. The molecule has 0 saturated heterocycles. The highest BCUT2D eigenvalue weighted by Gasteiger charge is 2.08. The highest BCUT2D eigenvalue weighted by atomic mass is 35.5. The molecule has 0 bridgehead atoms. The molecular formula is C23H33ClO2. The predicted molar refractivity (Wildman–Crippen MR) is 113 cm³/mol. The van der Waals surface area contributed by atoms with E-state index < -0.39 is 0 Å². The molecule has 144 valence electrons. The maximum Gasteiger partial charge on any atom is 0.123 e. The molecule has 0 spiro atoms. The van der Waals surface area contributed by atoms with Crippen LogP contribution in [0.4, 0.5) is 0 Å². The van der Waals surface area contributed by atoms with Crippen molar-refractivity contribution in [2.75, 3.05) is 19.1 Å². The van der Waals surface area contributed by atoms with Crippen LogP contribution >= 0.6 is 11.6 Å². The third-order valence-corrected chi connectivity index (χ3v) is 4.98. The van der Waals surface area contributed by atoms with Crippen LogP contribution in [0.2, 0.25) is 0 Å². The molecule has 2 nitrogen and oxygen atoms in total. The Kier molecular flexibility index (Phi) is 9.70. The molecule has 26 heavy (non-hydrogen) atoms. The zero-order valence-corrected chi connectivity index (χ0v) is 17.1. The van der Waals surface area contributed by atoms with Crippen LogP contribution in [0.15, 0.2) is 30.3 Å².